The third-order valence-corrected chi connectivity index (χ3v) is 13.5. The number of aliphatic hydroxyl groups is 5. The second-order valence-electron chi connectivity index (χ2n) is 20.4. The first kappa shape index (κ1) is 68.1. The summed E-state index contributed by atoms with van der Waals surface area (Å²) < 4.78 is 16.6. The van der Waals surface area contributed by atoms with Crippen LogP contribution < -0.4 is 5.32 Å². The molecule has 1 aliphatic heterocycles. The molecule has 0 spiro atoms. The largest absolute Gasteiger partial charge is 0.466 e. The van der Waals surface area contributed by atoms with Crippen LogP contribution in [0.3, 0.4) is 0 Å². The van der Waals surface area contributed by atoms with Crippen LogP contribution in [0.2, 0.25) is 0 Å². The smallest absolute Gasteiger partial charge is 0.305 e. The van der Waals surface area contributed by atoms with Crippen LogP contribution in [0.15, 0.2) is 72.9 Å². The third kappa shape index (κ3) is 41.0. The molecule has 0 aromatic carbocycles. The normalized spacial score (nSPS) is 19.5. The number of carbonyl (C=O) groups is 2. The van der Waals surface area contributed by atoms with Gasteiger partial charge in [-0.05, 0) is 103 Å². The van der Waals surface area contributed by atoms with E-state index in [0.717, 1.165) is 103 Å². The number of amides is 1. The van der Waals surface area contributed by atoms with Gasteiger partial charge in [0.1, 0.15) is 24.4 Å². The molecule has 0 aromatic heterocycles. The van der Waals surface area contributed by atoms with Gasteiger partial charge in [-0.25, -0.2) is 0 Å². The maximum Gasteiger partial charge on any atom is 0.305 e. The highest BCUT2D eigenvalue weighted by Gasteiger charge is 2.44. The third-order valence-electron chi connectivity index (χ3n) is 13.5. The molecular formula is C62H109NO10. The molecule has 73 heavy (non-hydrogen) atoms. The molecule has 6 N–H and O–H groups in total. The lowest BCUT2D eigenvalue weighted by Crippen LogP contribution is -2.60. The van der Waals surface area contributed by atoms with E-state index in [2.05, 4.69) is 79.9 Å². The Bertz CT molecular complexity index is 1440. The molecule has 0 radical (unpaired) electrons. The molecule has 422 valence electrons. The Morgan fingerprint density at radius 3 is 1.56 bits per heavy atom. The van der Waals surface area contributed by atoms with Gasteiger partial charge in [0.25, 0.3) is 0 Å². The van der Waals surface area contributed by atoms with Crippen LogP contribution in [0.4, 0.5) is 0 Å². The van der Waals surface area contributed by atoms with E-state index in [1.54, 1.807) is 6.08 Å². The molecule has 1 aliphatic rings. The molecular weight excluding hydrogens is 919 g/mol. The summed E-state index contributed by atoms with van der Waals surface area (Å²) >= 11 is 0. The van der Waals surface area contributed by atoms with Gasteiger partial charge in [-0.1, -0.05) is 202 Å². The van der Waals surface area contributed by atoms with Crippen LogP contribution in [-0.2, 0) is 23.8 Å². The standard InChI is InChI=1S/C62H109NO10/c1-3-5-7-9-11-13-15-17-26-30-34-38-42-46-50-58(67)71-51-47-43-39-35-31-27-24-22-20-18-19-21-23-25-29-33-37-41-45-49-57(66)63-54(53-72-62-61(70)60(69)59(68)56(52-64)73-62)55(65)48-44-40-36-32-28-16-14-12-10-8-6-4-2/h9,11,15,17,22,24,27-28,31-32,44,48,54-56,59-62,64-65,68-70H,3-8,10,12-14,16,18-21,23,25-26,29-30,33-43,45-47,49-53H2,1-2H3,(H,63,66)/b11-9-,17-15-,24-22-,31-27-,32-28+,48-44+. The Morgan fingerprint density at radius 2 is 0.986 bits per heavy atom. The van der Waals surface area contributed by atoms with Crippen molar-refractivity contribution < 1.29 is 49.3 Å². The Labute approximate surface area is 445 Å². The van der Waals surface area contributed by atoms with Crippen molar-refractivity contribution >= 4 is 11.9 Å². The minimum Gasteiger partial charge on any atom is -0.466 e. The maximum absolute atomic E-state index is 13.0. The van der Waals surface area contributed by atoms with E-state index in [4.69, 9.17) is 14.2 Å². The predicted octanol–water partition coefficient (Wildman–Crippen LogP) is 13.6. The van der Waals surface area contributed by atoms with Crippen molar-refractivity contribution in [2.24, 2.45) is 0 Å². The molecule has 0 aromatic rings. The van der Waals surface area contributed by atoms with Gasteiger partial charge in [0.15, 0.2) is 6.29 Å². The number of aliphatic hydroxyl groups excluding tert-OH is 5. The molecule has 1 amide bonds. The molecule has 11 nitrogen and oxygen atoms in total. The minimum absolute atomic E-state index is 0.0445. The van der Waals surface area contributed by atoms with Gasteiger partial charge in [0.2, 0.25) is 5.91 Å². The number of carbonyl (C=O) groups excluding carboxylic acids is 2. The summed E-state index contributed by atoms with van der Waals surface area (Å²) in [4.78, 5) is 25.1. The van der Waals surface area contributed by atoms with Crippen molar-refractivity contribution in [1.29, 1.82) is 0 Å². The molecule has 7 atom stereocenters. The van der Waals surface area contributed by atoms with E-state index in [-0.39, 0.29) is 18.5 Å². The van der Waals surface area contributed by atoms with Gasteiger partial charge in [-0.15, -0.1) is 0 Å². The summed E-state index contributed by atoms with van der Waals surface area (Å²) in [6.45, 7) is 4.20. The molecule has 0 bridgehead atoms. The van der Waals surface area contributed by atoms with Crippen LogP contribution >= 0.6 is 0 Å². The minimum atomic E-state index is -1.58. The molecule has 1 fully saturated rings. The summed E-state index contributed by atoms with van der Waals surface area (Å²) in [5, 5.41) is 54.3. The van der Waals surface area contributed by atoms with E-state index in [0.29, 0.717) is 19.4 Å². The van der Waals surface area contributed by atoms with Crippen molar-refractivity contribution in [3.63, 3.8) is 0 Å². The number of unbranched alkanes of at least 4 members (excludes halogenated alkanes) is 27. The van der Waals surface area contributed by atoms with Crippen molar-refractivity contribution in [1.82, 2.24) is 5.32 Å². The maximum atomic E-state index is 13.0. The Hall–Kier alpha value is -2.90. The van der Waals surface area contributed by atoms with Gasteiger partial charge in [0, 0.05) is 12.8 Å². The molecule has 1 saturated heterocycles. The quantitative estimate of drug-likeness (QED) is 0.0149. The average molecular weight is 1030 g/mol. The van der Waals surface area contributed by atoms with Gasteiger partial charge in [-0.3, -0.25) is 9.59 Å². The summed E-state index contributed by atoms with van der Waals surface area (Å²) in [5.74, 6) is -0.249. The molecule has 7 unspecified atom stereocenters. The average Bonchev–Trinajstić information content (AvgIpc) is 3.39. The fourth-order valence-corrected chi connectivity index (χ4v) is 8.75. The van der Waals surface area contributed by atoms with Crippen LogP contribution in [0.5, 0.6) is 0 Å². The molecule has 11 heteroatoms. The number of hydrogen-bond acceptors (Lipinski definition) is 10. The zero-order chi connectivity index (χ0) is 53.1. The van der Waals surface area contributed by atoms with Gasteiger partial charge in [0.05, 0.1) is 32.0 Å². The first-order valence-corrected chi connectivity index (χ1v) is 29.7. The second-order valence-corrected chi connectivity index (χ2v) is 20.4. The summed E-state index contributed by atoms with van der Waals surface area (Å²) in [7, 11) is 0. The van der Waals surface area contributed by atoms with E-state index < -0.39 is 49.5 Å². The SMILES string of the molecule is CCCC/C=C\C/C=C\CCCCCCCC(=O)OCCCCC/C=C\C=C/CCCCCCCCCCCCC(=O)NC(COC1OC(CO)C(O)C(O)C1O)C(O)/C=C/CC/C=C/CCCCCCCC. The van der Waals surface area contributed by atoms with Crippen LogP contribution in [0, 0.1) is 0 Å². The van der Waals surface area contributed by atoms with Crippen LogP contribution in [-0.4, -0.2) is 100 Å². The van der Waals surface area contributed by atoms with Crippen molar-refractivity contribution in [3.05, 3.63) is 72.9 Å². The zero-order valence-electron chi connectivity index (χ0n) is 46.3. The topological polar surface area (TPSA) is 175 Å². The molecule has 1 heterocycles. The van der Waals surface area contributed by atoms with Gasteiger partial charge >= 0.3 is 5.97 Å². The van der Waals surface area contributed by atoms with Crippen LogP contribution in [0.1, 0.15) is 245 Å². The summed E-state index contributed by atoms with van der Waals surface area (Å²) in [6.07, 6.45) is 57.0. The predicted molar refractivity (Wildman–Crippen MR) is 301 cm³/mol. The highest BCUT2D eigenvalue weighted by atomic mass is 16.7. The number of rotatable bonds is 50. The van der Waals surface area contributed by atoms with Crippen molar-refractivity contribution in [2.75, 3.05) is 19.8 Å². The molecule has 0 saturated carbocycles. The molecule has 0 aliphatic carbocycles. The fraction of sp³-hybridized carbons (Fsp3) is 0.774. The van der Waals surface area contributed by atoms with Crippen LogP contribution in [0.25, 0.3) is 0 Å². The summed E-state index contributed by atoms with van der Waals surface area (Å²) in [5.41, 5.74) is 0. The number of hydrogen-bond donors (Lipinski definition) is 6. The second kappa shape index (κ2) is 51.2. The lowest BCUT2D eigenvalue weighted by Gasteiger charge is -2.40. The van der Waals surface area contributed by atoms with E-state index in [1.807, 2.05) is 6.08 Å². The summed E-state index contributed by atoms with van der Waals surface area (Å²) in [6, 6.07) is -0.837. The lowest BCUT2D eigenvalue weighted by atomic mass is 9.99. The first-order chi connectivity index (χ1) is 35.7. The Balaban J connectivity index is 2.11. The molecule has 1 rings (SSSR count). The highest BCUT2D eigenvalue weighted by Crippen LogP contribution is 2.23. The van der Waals surface area contributed by atoms with E-state index >= 15 is 0 Å². The first-order valence-electron chi connectivity index (χ1n) is 29.7. The number of ether oxygens (including phenoxy) is 3. The number of nitrogens with one attached hydrogen (secondary N) is 1. The number of esters is 1. The highest BCUT2D eigenvalue weighted by molar-refractivity contribution is 5.76. The zero-order valence-corrected chi connectivity index (χ0v) is 46.3. The van der Waals surface area contributed by atoms with Gasteiger partial charge < -0.3 is 45.1 Å². The Kier molecular flexibility index (Phi) is 47.8. The Morgan fingerprint density at radius 1 is 0.521 bits per heavy atom. The van der Waals surface area contributed by atoms with E-state index in [9.17, 15) is 35.1 Å². The van der Waals surface area contributed by atoms with Crippen molar-refractivity contribution in [2.45, 2.75) is 288 Å². The monoisotopic (exact) mass is 1030 g/mol. The fourth-order valence-electron chi connectivity index (χ4n) is 8.75. The lowest BCUT2D eigenvalue weighted by molar-refractivity contribution is -0.302. The van der Waals surface area contributed by atoms with Crippen molar-refractivity contribution in [3.8, 4) is 0 Å². The van der Waals surface area contributed by atoms with Gasteiger partial charge in [-0.2, -0.15) is 0 Å². The van der Waals surface area contributed by atoms with E-state index in [1.165, 1.54) is 116 Å². The number of allylic oxidation sites excluding steroid dienone is 11.